The normalized spacial score (nSPS) is 11.8. The van der Waals surface area contributed by atoms with E-state index in [-0.39, 0.29) is 5.56 Å². The van der Waals surface area contributed by atoms with Crippen LogP contribution in [-0.2, 0) is 0 Å². The van der Waals surface area contributed by atoms with Crippen LogP contribution in [0.25, 0.3) is 87.7 Å². The molecule has 0 aliphatic carbocycles. The van der Waals surface area contributed by atoms with E-state index in [2.05, 4.69) is 77.4 Å². The summed E-state index contributed by atoms with van der Waals surface area (Å²) >= 11 is 1.49. The maximum absolute atomic E-state index is 14.0. The largest absolute Gasteiger partial charge is 0.278 e. The smallest absolute Gasteiger partial charge is 0.266 e. The Morgan fingerprint density at radius 3 is 1.78 bits per heavy atom. The summed E-state index contributed by atoms with van der Waals surface area (Å²) in [4.78, 5) is 34.6. The molecule has 4 heterocycles. The number of rotatable bonds is 4. The lowest BCUT2D eigenvalue weighted by Crippen LogP contribution is -2.12. The van der Waals surface area contributed by atoms with E-state index >= 15 is 0 Å². The van der Waals surface area contributed by atoms with Crippen LogP contribution in [0.4, 0.5) is 0 Å². The Morgan fingerprint density at radius 1 is 0.469 bits per heavy atom. The summed E-state index contributed by atoms with van der Waals surface area (Å²) in [6.45, 7) is 0. The number of nitrogens with zero attached hydrogens (tertiary/aromatic N) is 6. The Morgan fingerprint density at radius 2 is 1.04 bits per heavy atom. The van der Waals surface area contributed by atoms with Gasteiger partial charge in [-0.1, -0.05) is 114 Å². The van der Waals surface area contributed by atoms with Crippen molar-refractivity contribution in [3.8, 4) is 39.9 Å². The van der Waals surface area contributed by atoms with Crippen molar-refractivity contribution < 1.29 is 0 Å². The quantitative estimate of drug-likeness (QED) is 0.190. The van der Waals surface area contributed by atoms with Gasteiger partial charge in [-0.05, 0) is 53.6 Å². The third kappa shape index (κ3) is 4.38. The highest BCUT2D eigenvalue weighted by Crippen LogP contribution is 2.33. The third-order valence-electron chi connectivity index (χ3n) is 9.06. The van der Waals surface area contributed by atoms with Gasteiger partial charge < -0.3 is 0 Å². The Hall–Kier alpha value is -6.51. The molecule has 4 aromatic heterocycles. The van der Waals surface area contributed by atoms with E-state index in [1.807, 2.05) is 72.8 Å². The monoisotopic (exact) mass is 648 g/mol. The number of hydrogen-bond acceptors (Lipinski definition) is 6. The molecule has 49 heavy (non-hydrogen) atoms. The fourth-order valence-corrected chi connectivity index (χ4v) is 7.72. The van der Waals surface area contributed by atoms with Crippen molar-refractivity contribution in [1.29, 1.82) is 0 Å². The van der Waals surface area contributed by atoms with Crippen molar-refractivity contribution in [2.45, 2.75) is 0 Å². The number of hydrogen-bond donors (Lipinski definition) is 0. The molecular formula is C41H24N6OS. The SMILES string of the molecule is O=c1c2cc(-c3nc(-c4ccc(-c5ccccc5)cc4)nc(-n4c5ccccc5c5ccccc54)n3)ccc2sc2nc3ccccc3n12. The number of benzene rings is 6. The molecule has 7 nitrogen and oxygen atoms in total. The molecule has 0 aliphatic heterocycles. The fourth-order valence-electron chi connectivity index (χ4n) is 6.72. The van der Waals surface area contributed by atoms with Crippen molar-refractivity contribution >= 4 is 59.2 Å². The van der Waals surface area contributed by atoms with Crippen LogP contribution in [0, 0.1) is 0 Å². The highest BCUT2D eigenvalue weighted by atomic mass is 32.1. The Bertz CT molecular complexity index is 2910. The molecule has 0 N–H and O–H groups in total. The van der Waals surface area contributed by atoms with Gasteiger partial charge in [-0.2, -0.15) is 9.97 Å². The summed E-state index contributed by atoms with van der Waals surface area (Å²) < 4.78 is 4.65. The second kappa shape index (κ2) is 10.8. The summed E-state index contributed by atoms with van der Waals surface area (Å²) in [5.41, 5.74) is 7.32. The van der Waals surface area contributed by atoms with Gasteiger partial charge in [0.15, 0.2) is 16.6 Å². The fraction of sp³-hybridized carbons (Fsp3) is 0. The zero-order valence-corrected chi connectivity index (χ0v) is 26.7. The first-order chi connectivity index (χ1) is 24.2. The van der Waals surface area contributed by atoms with E-state index in [4.69, 9.17) is 19.9 Å². The molecule has 10 rings (SSSR count). The van der Waals surface area contributed by atoms with Gasteiger partial charge in [0.05, 0.1) is 27.5 Å². The van der Waals surface area contributed by atoms with E-state index < -0.39 is 0 Å². The highest BCUT2D eigenvalue weighted by molar-refractivity contribution is 7.23. The summed E-state index contributed by atoms with van der Waals surface area (Å²) in [6.07, 6.45) is 0. The van der Waals surface area contributed by atoms with Gasteiger partial charge in [0.1, 0.15) is 0 Å². The summed E-state index contributed by atoms with van der Waals surface area (Å²) in [5, 5.41) is 2.83. The third-order valence-corrected chi connectivity index (χ3v) is 10.1. The molecule has 0 unspecified atom stereocenters. The lowest BCUT2D eigenvalue weighted by molar-refractivity contribution is 0.953. The van der Waals surface area contributed by atoms with Gasteiger partial charge in [-0.3, -0.25) is 9.36 Å². The average molecular weight is 649 g/mol. The van der Waals surface area contributed by atoms with E-state index in [1.165, 1.54) is 11.3 Å². The van der Waals surface area contributed by atoms with Crippen molar-refractivity contribution in [2.24, 2.45) is 0 Å². The molecule has 0 saturated carbocycles. The molecule has 0 bridgehead atoms. The number of fused-ring (bicyclic) bond motifs is 7. The van der Waals surface area contributed by atoms with Gasteiger partial charge in [-0.15, -0.1) is 0 Å². The van der Waals surface area contributed by atoms with Gasteiger partial charge in [0.25, 0.3) is 5.56 Å². The molecular weight excluding hydrogens is 625 g/mol. The van der Waals surface area contributed by atoms with Crippen LogP contribution in [0.1, 0.15) is 0 Å². The van der Waals surface area contributed by atoms with Crippen molar-refractivity contribution in [2.75, 3.05) is 0 Å². The molecule has 0 saturated heterocycles. The van der Waals surface area contributed by atoms with E-state index in [9.17, 15) is 4.79 Å². The Balaban J connectivity index is 1.21. The topological polar surface area (TPSA) is 78.0 Å². The molecule has 0 spiro atoms. The molecule has 8 heteroatoms. The molecule has 0 atom stereocenters. The zero-order chi connectivity index (χ0) is 32.5. The van der Waals surface area contributed by atoms with Gasteiger partial charge >= 0.3 is 0 Å². The average Bonchev–Trinajstić information content (AvgIpc) is 3.71. The summed E-state index contributed by atoms with van der Waals surface area (Å²) in [7, 11) is 0. The standard InChI is InChI=1S/C41H24N6OS/c48-39-31-24-28(22-23-36(31)49-41-42-32-14-6-9-17-35(32)47(39)41)38-43-37(27-20-18-26(19-21-27)25-10-2-1-3-11-25)44-40(45-38)46-33-15-7-4-12-29(33)30-13-5-8-16-34(30)46/h1-24H. The van der Waals surface area contributed by atoms with Crippen LogP contribution in [0.5, 0.6) is 0 Å². The minimum atomic E-state index is -0.118. The lowest BCUT2D eigenvalue weighted by atomic mass is 10.0. The van der Waals surface area contributed by atoms with Crippen LogP contribution >= 0.6 is 11.3 Å². The molecule has 10 aromatic rings. The zero-order valence-electron chi connectivity index (χ0n) is 25.9. The molecule has 0 aliphatic rings. The predicted octanol–water partition coefficient (Wildman–Crippen LogP) is 9.35. The Labute approximate surface area is 283 Å². The number of para-hydroxylation sites is 4. The molecule has 0 fully saturated rings. The van der Waals surface area contributed by atoms with Gasteiger partial charge in [-0.25, -0.2) is 14.4 Å². The lowest BCUT2D eigenvalue weighted by Gasteiger charge is -2.11. The van der Waals surface area contributed by atoms with Crippen molar-refractivity contribution in [1.82, 2.24) is 28.9 Å². The minimum absolute atomic E-state index is 0.118. The number of imidazole rings is 1. The van der Waals surface area contributed by atoms with E-state index in [1.54, 1.807) is 4.40 Å². The highest BCUT2D eigenvalue weighted by Gasteiger charge is 2.19. The van der Waals surface area contributed by atoms with Gasteiger partial charge in [0, 0.05) is 26.6 Å². The maximum atomic E-state index is 14.0. The van der Waals surface area contributed by atoms with E-state index in [0.29, 0.717) is 27.9 Å². The number of aromatic nitrogens is 6. The minimum Gasteiger partial charge on any atom is -0.278 e. The first-order valence-corrected chi connectivity index (χ1v) is 16.8. The maximum Gasteiger partial charge on any atom is 0.266 e. The van der Waals surface area contributed by atoms with Crippen molar-refractivity contribution in [3.05, 3.63) is 156 Å². The second-order valence-corrected chi connectivity index (χ2v) is 12.9. The molecule has 0 radical (unpaired) electrons. The Kier molecular flexibility index (Phi) is 6.06. The molecule has 230 valence electrons. The summed E-state index contributed by atoms with van der Waals surface area (Å²) in [5.74, 6) is 1.53. The molecule has 6 aromatic carbocycles. The first-order valence-electron chi connectivity index (χ1n) is 15.9. The van der Waals surface area contributed by atoms with Crippen LogP contribution in [-0.4, -0.2) is 28.9 Å². The predicted molar refractivity (Wildman–Crippen MR) is 198 cm³/mol. The molecule has 0 amide bonds. The van der Waals surface area contributed by atoms with Gasteiger partial charge in [0.2, 0.25) is 5.95 Å². The van der Waals surface area contributed by atoms with Crippen LogP contribution in [0.3, 0.4) is 0 Å². The van der Waals surface area contributed by atoms with E-state index in [0.717, 1.165) is 59.8 Å². The first kappa shape index (κ1) is 27.6. The summed E-state index contributed by atoms with van der Waals surface area (Å²) in [6, 6.07) is 48.7. The van der Waals surface area contributed by atoms with Crippen LogP contribution in [0.15, 0.2) is 150 Å². The van der Waals surface area contributed by atoms with Crippen LogP contribution in [0.2, 0.25) is 0 Å². The second-order valence-electron chi connectivity index (χ2n) is 11.9. The van der Waals surface area contributed by atoms with Crippen molar-refractivity contribution in [3.63, 3.8) is 0 Å². The van der Waals surface area contributed by atoms with Crippen LogP contribution < -0.4 is 5.56 Å².